The molecule has 3 rings (SSSR count). The highest BCUT2D eigenvalue weighted by Crippen LogP contribution is 2.30. The number of likely N-dealkylation sites (N-methyl/N-ethyl adjacent to an activating group) is 1. The number of hydrogen-bond acceptors (Lipinski definition) is 4. The lowest BCUT2D eigenvalue weighted by Crippen LogP contribution is -2.44. The van der Waals surface area contributed by atoms with Crippen molar-refractivity contribution in [2.24, 2.45) is 0 Å². The van der Waals surface area contributed by atoms with Crippen LogP contribution < -0.4 is 9.62 Å². The maximum atomic E-state index is 12.7. The largest absolute Gasteiger partial charge is 0.367 e. The Kier molecular flexibility index (Phi) is 5.43. The molecule has 2 aromatic carbocycles. The molecule has 1 aliphatic heterocycles. The molecule has 0 bridgehead atoms. The van der Waals surface area contributed by atoms with Crippen molar-refractivity contribution in [1.29, 1.82) is 0 Å². The summed E-state index contributed by atoms with van der Waals surface area (Å²) >= 11 is 11.8. The average molecular weight is 400 g/mol. The number of hydrogen-bond donors (Lipinski definition) is 1. The van der Waals surface area contributed by atoms with Crippen LogP contribution in [0.4, 0.5) is 11.4 Å². The van der Waals surface area contributed by atoms with E-state index in [-0.39, 0.29) is 9.92 Å². The molecule has 1 heterocycles. The van der Waals surface area contributed by atoms with Gasteiger partial charge in [0.05, 0.1) is 26.3 Å². The van der Waals surface area contributed by atoms with Crippen LogP contribution in [0.5, 0.6) is 0 Å². The first-order chi connectivity index (χ1) is 11.9. The molecule has 8 heteroatoms. The van der Waals surface area contributed by atoms with Crippen molar-refractivity contribution in [3.8, 4) is 0 Å². The number of anilines is 2. The second-order valence-electron chi connectivity index (χ2n) is 5.99. The van der Waals surface area contributed by atoms with Crippen LogP contribution in [0.3, 0.4) is 0 Å². The van der Waals surface area contributed by atoms with Crippen molar-refractivity contribution >= 4 is 44.6 Å². The van der Waals surface area contributed by atoms with E-state index in [1.54, 1.807) is 6.07 Å². The molecule has 1 N–H and O–H groups in total. The lowest BCUT2D eigenvalue weighted by Gasteiger charge is -2.35. The van der Waals surface area contributed by atoms with E-state index < -0.39 is 10.0 Å². The smallest absolute Gasteiger partial charge is 0.262 e. The van der Waals surface area contributed by atoms with Gasteiger partial charge in [-0.1, -0.05) is 35.3 Å². The number of benzene rings is 2. The van der Waals surface area contributed by atoms with Crippen LogP contribution in [-0.2, 0) is 10.0 Å². The SMILES string of the molecule is CN1CCN(c2ccccc2NS(=O)(=O)c2ccc(Cl)c(Cl)c2)CC1. The Morgan fingerprint density at radius 3 is 2.32 bits per heavy atom. The number of piperazine rings is 1. The summed E-state index contributed by atoms with van der Waals surface area (Å²) in [5.74, 6) is 0. The average Bonchev–Trinajstić information content (AvgIpc) is 2.58. The number of nitrogens with zero attached hydrogens (tertiary/aromatic N) is 2. The maximum absolute atomic E-state index is 12.7. The molecule has 0 atom stereocenters. The van der Waals surface area contributed by atoms with E-state index >= 15 is 0 Å². The summed E-state index contributed by atoms with van der Waals surface area (Å²) in [4.78, 5) is 4.51. The van der Waals surface area contributed by atoms with Crippen LogP contribution >= 0.6 is 23.2 Å². The number of sulfonamides is 1. The summed E-state index contributed by atoms with van der Waals surface area (Å²) in [7, 11) is -1.68. The van der Waals surface area contributed by atoms with Crippen molar-refractivity contribution in [3.05, 3.63) is 52.5 Å². The van der Waals surface area contributed by atoms with Crippen molar-refractivity contribution in [2.45, 2.75) is 4.90 Å². The van der Waals surface area contributed by atoms with Gasteiger partial charge in [0.1, 0.15) is 0 Å². The molecule has 0 radical (unpaired) electrons. The van der Waals surface area contributed by atoms with Crippen LogP contribution in [0, 0.1) is 0 Å². The molecule has 25 heavy (non-hydrogen) atoms. The Morgan fingerprint density at radius 1 is 0.960 bits per heavy atom. The van der Waals surface area contributed by atoms with Crippen LogP contribution in [0.2, 0.25) is 10.0 Å². The topological polar surface area (TPSA) is 52.6 Å². The number of halogens is 2. The second-order valence-corrected chi connectivity index (χ2v) is 8.49. The van der Waals surface area contributed by atoms with E-state index in [4.69, 9.17) is 23.2 Å². The van der Waals surface area contributed by atoms with E-state index in [0.717, 1.165) is 31.9 Å². The molecule has 1 saturated heterocycles. The van der Waals surface area contributed by atoms with Gasteiger partial charge in [0.25, 0.3) is 10.0 Å². The Labute approximate surface area is 158 Å². The number of para-hydroxylation sites is 2. The summed E-state index contributed by atoms with van der Waals surface area (Å²) in [6.07, 6.45) is 0. The molecule has 0 unspecified atom stereocenters. The fourth-order valence-corrected chi connectivity index (χ4v) is 4.19. The standard InChI is InChI=1S/C17H19Cl2N3O2S/c1-21-8-10-22(11-9-21)17-5-3-2-4-16(17)20-25(23,24)13-6-7-14(18)15(19)12-13/h2-7,12,20H,8-11H2,1H3. The molecular weight excluding hydrogens is 381 g/mol. The van der Waals surface area contributed by atoms with Gasteiger partial charge in [0.2, 0.25) is 0 Å². The Bertz CT molecular complexity index is 866. The van der Waals surface area contributed by atoms with Crippen molar-refractivity contribution in [3.63, 3.8) is 0 Å². The van der Waals surface area contributed by atoms with Crippen LogP contribution in [0.1, 0.15) is 0 Å². The normalized spacial score (nSPS) is 16.0. The van der Waals surface area contributed by atoms with Crippen LogP contribution in [-0.4, -0.2) is 46.5 Å². The fourth-order valence-electron chi connectivity index (χ4n) is 2.73. The zero-order valence-corrected chi connectivity index (χ0v) is 16.1. The van der Waals surface area contributed by atoms with Crippen LogP contribution in [0.15, 0.2) is 47.4 Å². The van der Waals surface area contributed by atoms with Gasteiger partial charge < -0.3 is 9.80 Å². The fraction of sp³-hybridized carbons (Fsp3) is 0.294. The summed E-state index contributed by atoms with van der Waals surface area (Å²) in [5.41, 5.74) is 1.43. The highest BCUT2D eigenvalue weighted by atomic mass is 35.5. The first-order valence-corrected chi connectivity index (χ1v) is 10.1. The minimum atomic E-state index is -3.75. The Balaban J connectivity index is 1.88. The van der Waals surface area contributed by atoms with Gasteiger partial charge in [-0.3, -0.25) is 4.72 Å². The van der Waals surface area contributed by atoms with Gasteiger partial charge in [-0.25, -0.2) is 8.42 Å². The first-order valence-electron chi connectivity index (χ1n) is 7.87. The molecule has 1 fully saturated rings. The summed E-state index contributed by atoms with van der Waals surface area (Å²) in [6, 6.07) is 11.7. The zero-order valence-electron chi connectivity index (χ0n) is 13.7. The third-order valence-electron chi connectivity index (χ3n) is 4.19. The number of nitrogens with one attached hydrogen (secondary N) is 1. The quantitative estimate of drug-likeness (QED) is 0.853. The van der Waals surface area contributed by atoms with Crippen molar-refractivity contribution < 1.29 is 8.42 Å². The molecule has 0 spiro atoms. The third kappa shape index (κ3) is 4.20. The second kappa shape index (κ2) is 7.41. The molecule has 2 aromatic rings. The van der Waals surface area contributed by atoms with E-state index in [0.29, 0.717) is 10.7 Å². The lowest BCUT2D eigenvalue weighted by molar-refractivity contribution is 0.313. The van der Waals surface area contributed by atoms with Gasteiger partial charge in [-0.2, -0.15) is 0 Å². The molecule has 0 aliphatic carbocycles. The zero-order chi connectivity index (χ0) is 18.0. The van der Waals surface area contributed by atoms with Crippen molar-refractivity contribution in [2.75, 3.05) is 42.8 Å². The van der Waals surface area contributed by atoms with Gasteiger partial charge >= 0.3 is 0 Å². The van der Waals surface area contributed by atoms with E-state index in [9.17, 15) is 8.42 Å². The molecule has 0 saturated carbocycles. The van der Waals surface area contributed by atoms with Crippen LogP contribution in [0.25, 0.3) is 0 Å². The molecule has 0 aromatic heterocycles. The predicted molar refractivity (Wildman–Crippen MR) is 103 cm³/mol. The highest BCUT2D eigenvalue weighted by molar-refractivity contribution is 7.92. The van der Waals surface area contributed by atoms with Gasteiger partial charge in [0.15, 0.2) is 0 Å². The summed E-state index contributed by atoms with van der Waals surface area (Å²) in [6.45, 7) is 3.58. The molecule has 0 amide bonds. The predicted octanol–water partition coefficient (Wildman–Crippen LogP) is 3.55. The van der Waals surface area contributed by atoms with E-state index in [1.807, 2.05) is 18.2 Å². The Morgan fingerprint density at radius 2 is 1.64 bits per heavy atom. The van der Waals surface area contributed by atoms with Gasteiger partial charge in [0, 0.05) is 26.2 Å². The molecule has 1 aliphatic rings. The highest BCUT2D eigenvalue weighted by Gasteiger charge is 2.21. The van der Waals surface area contributed by atoms with Crippen molar-refractivity contribution in [1.82, 2.24) is 4.90 Å². The first kappa shape index (κ1) is 18.3. The Hall–Kier alpha value is -1.47. The lowest BCUT2D eigenvalue weighted by atomic mass is 10.2. The molecule has 134 valence electrons. The summed E-state index contributed by atoms with van der Waals surface area (Å²) < 4.78 is 28.1. The monoisotopic (exact) mass is 399 g/mol. The molecule has 5 nitrogen and oxygen atoms in total. The summed E-state index contributed by atoms with van der Waals surface area (Å²) in [5, 5.41) is 0.523. The third-order valence-corrected chi connectivity index (χ3v) is 6.30. The van der Waals surface area contributed by atoms with Gasteiger partial charge in [-0.15, -0.1) is 0 Å². The minimum Gasteiger partial charge on any atom is -0.367 e. The maximum Gasteiger partial charge on any atom is 0.262 e. The van der Waals surface area contributed by atoms with E-state index in [2.05, 4.69) is 21.6 Å². The van der Waals surface area contributed by atoms with E-state index in [1.165, 1.54) is 18.2 Å². The molecular formula is C17H19Cl2N3O2S. The minimum absolute atomic E-state index is 0.0788. The van der Waals surface area contributed by atoms with Gasteiger partial charge in [-0.05, 0) is 37.4 Å². The number of rotatable bonds is 4.